The molecular formula is C19H24N6O. The number of carbonyl (C=O) groups excluding carboxylic acids is 1. The van der Waals surface area contributed by atoms with Gasteiger partial charge < -0.3 is 14.8 Å². The Morgan fingerprint density at radius 3 is 2.85 bits per heavy atom. The van der Waals surface area contributed by atoms with E-state index < -0.39 is 0 Å². The maximum absolute atomic E-state index is 12.9. The molecule has 3 aromatic heterocycles. The molecule has 2 amide bonds. The fraction of sp³-hybridized carbons (Fsp3) is 0.526. The van der Waals surface area contributed by atoms with E-state index in [9.17, 15) is 4.79 Å². The molecule has 0 saturated carbocycles. The molecule has 2 fully saturated rings. The van der Waals surface area contributed by atoms with Crippen molar-refractivity contribution in [2.45, 2.75) is 32.1 Å². The molecule has 3 aromatic rings. The minimum Gasteiger partial charge on any atom is -0.345 e. The second-order valence-electron chi connectivity index (χ2n) is 7.75. The number of urea groups is 1. The third-order valence-corrected chi connectivity index (χ3v) is 5.84. The number of imidazole rings is 1. The van der Waals surface area contributed by atoms with Gasteiger partial charge in [-0.25, -0.2) is 14.8 Å². The number of piperidine rings is 1. The highest BCUT2D eigenvalue weighted by atomic mass is 16.2. The van der Waals surface area contributed by atoms with Crippen LogP contribution in [0.25, 0.3) is 16.7 Å². The van der Waals surface area contributed by atoms with Crippen molar-refractivity contribution < 1.29 is 4.79 Å². The summed E-state index contributed by atoms with van der Waals surface area (Å²) < 4.78 is 2.19. The van der Waals surface area contributed by atoms with Crippen LogP contribution in [0.2, 0.25) is 0 Å². The number of aromatic amines is 1. The smallest absolute Gasteiger partial charge is 0.320 e. The Kier molecular flexibility index (Phi) is 3.62. The molecule has 2 atom stereocenters. The molecule has 26 heavy (non-hydrogen) atoms. The van der Waals surface area contributed by atoms with Crippen molar-refractivity contribution in [2.75, 3.05) is 26.2 Å². The summed E-state index contributed by atoms with van der Waals surface area (Å²) in [6.07, 6.45) is 8.85. The van der Waals surface area contributed by atoms with Crippen molar-refractivity contribution in [3.05, 3.63) is 30.5 Å². The van der Waals surface area contributed by atoms with Crippen molar-refractivity contribution in [1.82, 2.24) is 29.2 Å². The number of nitrogens with one attached hydrogen (secondary N) is 1. The second-order valence-corrected chi connectivity index (χ2v) is 7.75. The number of carbonyl (C=O) groups is 1. The fourth-order valence-corrected chi connectivity index (χ4v) is 4.46. The standard InChI is InChI=1S/C19H24N6O/c1-13-5-8-24(11-13)19(26)23-7-2-3-14(12-23)18-22-10-15-9-21-17-16(25(15)18)4-6-20-17/h4,6,9-10,13-14,20H,2-3,5,7-8,11-12H2,1H3/t13-,14+/m0/s1. The molecule has 7 nitrogen and oxygen atoms in total. The minimum absolute atomic E-state index is 0.202. The molecule has 0 radical (unpaired) electrons. The van der Waals surface area contributed by atoms with E-state index in [1.807, 2.05) is 34.5 Å². The highest BCUT2D eigenvalue weighted by molar-refractivity contribution is 5.76. The van der Waals surface area contributed by atoms with E-state index in [1.54, 1.807) is 0 Å². The van der Waals surface area contributed by atoms with Gasteiger partial charge in [0.1, 0.15) is 5.82 Å². The van der Waals surface area contributed by atoms with Crippen LogP contribution in [0.1, 0.15) is 37.9 Å². The zero-order valence-corrected chi connectivity index (χ0v) is 15.1. The van der Waals surface area contributed by atoms with Gasteiger partial charge in [0.25, 0.3) is 0 Å². The van der Waals surface area contributed by atoms with Crippen LogP contribution in [0.15, 0.2) is 24.7 Å². The predicted octanol–water partition coefficient (Wildman–Crippen LogP) is 2.85. The lowest BCUT2D eigenvalue weighted by atomic mass is 9.97. The normalized spacial score (nSPS) is 24.0. The summed E-state index contributed by atoms with van der Waals surface area (Å²) in [4.78, 5) is 29.3. The number of rotatable bonds is 1. The lowest BCUT2D eigenvalue weighted by molar-refractivity contribution is 0.145. The summed E-state index contributed by atoms with van der Waals surface area (Å²) in [6.45, 7) is 5.60. The molecule has 0 bridgehead atoms. The average molecular weight is 352 g/mol. The molecule has 0 aliphatic carbocycles. The Balaban J connectivity index is 1.44. The van der Waals surface area contributed by atoms with Crippen molar-refractivity contribution >= 4 is 22.7 Å². The highest BCUT2D eigenvalue weighted by Gasteiger charge is 2.32. The van der Waals surface area contributed by atoms with E-state index >= 15 is 0 Å². The number of H-pyrrole nitrogens is 1. The number of aromatic nitrogens is 4. The summed E-state index contributed by atoms with van der Waals surface area (Å²) in [5, 5.41) is 0. The molecule has 2 aliphatic heterocycles. The predicted molar refractivity (Wildman–Crippen MR) is 99.1 cm³/mol. The number of amides is 2. The molecule has 0 unspecified atom stereocenters. The first-order valence-corrected chi connectivity index (χ1v) is 9.54. The van der Waals surface area contributed by atoms with Gasteiger partial charge in [-0.1, -0.05) is 6.92 Å². The Morgan fingerprint density at radius 2 is 2.00 bits per heavy atom. The highest BCUT2D eigenvalue weighted by Crippen LogP contribution is 2.29. The van der Waals surface area contributed by atoms with Gasteiger partial charge in [-0.15, -0.1) is 0 Å². The topological polar surface area (TPSA) is 69.5 Å². The van der Waals surface area contributed by atoms with Gasteiger partial charge in [0.2, 0.25) is 0 Å². The van der Waals surface area contributed by atoms with E-state index in [0.29, 0.717) is 5.92 Å². The molecule has 1 N–H and O–H groups in total. The molecule has 136 valence electrons. The van der Waals surface area contributed by atoms with Crippen LogP contribution in [0.4, 0.5) is 4.79 Å². The third-order valence-electron chi connectivity index (χ3n) is 5.84. The summed E-state index contributed by atoms with van der Waals surface area (Å²) in [6, 6.07) is 2.24. The zero-order chi connectivity index (χ0) is 17.7. The van der Waals surface area contributed by atoms with Crippen LogP contribution in [0.5, 0.6) is 0 Å². The minimum atomic E-state index is 0.202. The zero-order valence-electron chi connectivity index (χ0n) is 15.1. The van der Waals surface area contributed by atoms with E-state index in [0.717, 1.165) is 67.9 Å². The van der Waals surface area contributed by atoms with Gasteiger partial charge >= 0.3 is 6.03 Å². The number of nitrogens with zero attached hydrogens (tertiary/aromatic N) is 5. The third kappa shape index (κ3) is 2.45. The van der Waals surface area contributed by atoms with Crippen molar-refractivity contribution in [2.24, 2.45) is 5.92 Å². The molecule has 5 heterocycles. The summed E-state index contributed by atoms with van der Waals surface area (Å²) in [5.41, 5.74) is 2.92. The van der Waals surface area contributed by atoms with Crippen LogP contribution in [0, 0.1) is 5.92 Å². The van der Waals surface area contributed by atoms with Crippen molar-refractivity contribution in [3.63, 3.8) is 0 Å². The molecular weight excluding hydrogens is 328 g/mol. The first kappa shape index (κ1) is 15.7. The Morgan fingerprint density at radius 1 is 1.15 bits per heavy atom. The quantitative estimate of drug-likeness (QED) is 0.732. The van der Waals surface area contributed by atoms with Crippen LogP contribution in [-0.2, 0) is 0 Å². The van der Waals surface area contributed by atoms with Gasteiger partial charge in [-0.05, 0) is 31.2 Å². The molecule has 0 aromatic carbocycles. The van der Waals surface area contributed by atoms with Crippen LogP contribution in [-0.4, -0.2) is 61.4 Å². The largest absolute Gasteiger partial charge is 0.345 e. The monoisotopic (exact) mass is 352 g/mol. The maximum Gasteiger partial charge on any atom is 0.320 e. The van der Waals surface area contributed by atoms with Crippen LogP contribution < -0.4 is 0 Å². The lowest BCUT2D eigenvalue weighted by Gasteiger charge is -2.35. The second kappa shape index (κ2) is 6.00. The SMILES string of the molecule is C[C@H]1CCN(C(=O)N2CCC[C@@H](c3ncc4cnc5[nH]ccc5n34)C2)C1. The lowest BCUT2D eigenvalue weighted by Crippen LogP contribution is -2.46. The average Bonchev–Trinajstić information content (AvgIpc) is 3.39. The van der Waals surface area contributed by atoms with E-state index in [4.69, 9.17) is 4.98 Å². The van der Waals surface area contributed by atoms with E-state index in [2.05, 4.69) is 21.3 Å². The van der Waals surface area contributed by atoms with Crippen LogP contribution in [0.3, 0.4) is 0 Å². The first-order valence-electron chi connectivity index (χ1n) is 9.54. The maximum atomic E-state index is 12.9. The summed E-state index contributed by atoms with van der Waals surface area (Å²) in [5.74, 6) is 1.92. The first-order chi connectivity index (χ1) is 12.7. The van der Waals surface area contributed by atoms with Gasteiger partial charge in [0.05, 0.1) is 23.4 Å². The Hall–Kier alpha value is -2.57. The Bertz CT molecular complexity index is 959. The number of likely N-dealkylation sites (tertiary alicyclic amines) is 2. The molecule has 2 aliphatic rings. The van der Waals surface area contributed by atoms with Gasteiger partial charge in [0.15, 0.2) is 5.65 Å². The van der Waals surface area contributed by atoms with Gasteiger partial charge in [-0.3, -0.25) is 4.40 Å². The van der Waals surface area contributed by atoms with Gasteiger partial charge in [0, 0.05) is 38.3 Å². The van der Waals surface area contributed by atoms with Crippen molar-refractivity contribution in [1.29, 1.82) is 0 Å². The molecule has 7 heteroatoms. The number of hydrogen-bond donors (Lipinski definition) is 1. The van der Waals surface area contributed by atoms with Crippen molar-refractivity contribution in [3.8, 4) is 0 Å². The van der Waals surface area contributed by atoms with Crippen LogP contribution >= 0.6 is 0 Å². The van der Waals surface area contributed by atoms with Gasteiger partial charge in [-0.2, -0.15) is 0 Å². The number of hydrogen-bond acceptors (Lipinski definition) is 3. The van der Waals surface area contributed by atoms with E-state index in [1.165, 1.54) is 0 Å². The number of fused-ring (bicyclic) bond motifs is 3. The molecule has 0 spiro atoms. The summed E-state index contributed by atoms with van der Waals surface area (Å²) in [7, 11) is 0. The van der Waals surface area contributed by atoms with E-state index in [-0.39, 0.29) is 11.9 Å². The Labute approximate surface area is 152 Å². The fourth-order valence-electron chi connectivity index (χ4n) is 4.46. The molecule has 5 rings (SSSR count). The molecule has 2 saturated heterocycles. The summed E-state index contributed by atoms with van der Waals surface area (Å²) >= 11 is 0.